The molecule has 4 N–H and O–H groups in total. The maximum Gasteiger partial charge on any atom is 0.387 e. The van der Waals surface area contributed by atoms with Crippen LogP contribution in [0.25, 0.3) is 0 Å². The molecule has 3 aromatic carbocycles. The molecule has 8 heteroatoms. The van der Waals surface area contributed by atoms with Gasteiger partial charge in [0, 0.05) is 18.4 Å². The zero-order chi connectivity index (χ0) is 22.0. The van der Waals surface area contributed by atoms with Crippen LogP contribution in [0.3, 0.4) is 0 Å². The van der Waals surface area contributed by atoms with Crippen molar-refractivity contribution in [1.29, 1.82) is 0 Å². The standard InChI is InChI=1S/C23H22F2N4O2/c1-29-20(30)23(28-22(29)26,15-10-12-19(13-11-15)31-21(24)25)16-6-5-9-18(14-16)27-17-7-3-2-4-8-17/h2-14,20-21,27,30H,1H3,(H2,26,28). The Balaban J connectivity index is 1.77. The van der Waals surface area contributed by atoms with Crippen LogP contribution in [0, 0.1) is 0 Å². The highest BCUT2D eigenvalue weighted by atomic mass is 19.3. The van der Waals surface area contributed by atoms with Crippen molar-refractivity contribution in [2.75, 3.05) is 12.4 Å². The molecule has 2 unspecified atom stereocenters. The summed E-state index contributed by atoms with van der Waals surface area (Å²) in [5.74, 6) is 0.188. The molecular formula is C23H22F2N4O2. The first-order chi connectivity index (χ1) is 14.9. The highest BCUT2D eigenvalue weighted by Gasteiger charge is 2.49. The number of likely N-dealkylation sites (N-methyl/N-ethyl adjacent to an activating group) is 1. The Labute approximate surface area is 178 Å². The zero-order valence-electron chi connectivity index (χ0n) is 16.7. The van der Waals surface area contributed by atoms with E-state index < -0.39 is 18.4 Å². The third kappa shape index (κ3) is 3.89. The van der Waals surface area contributed by atoms with E-state index in [-0.39, 0.29) is 11.7 Å². The van der Waals surface area contributed by atoms with Gasteiger partial charge in [0.15, 0.2) is 17.7 Å². The van der Waals surface area contributed by atoms with Crippen LogP contribution < -0.4 is 15.8 Å². The van der Waals surface area contributed by atoms with Crippen molar-refractivity contribution >= 4 is 17.3 Å². The summed E-state index contributed by atoms with van der Waals surface area (Å²) in [5, 5.41) is 14.5. The number of alkyl halides is 2. The zero-order valence-corrected chi connectivity index (χ0v) is 16.7. The minimum atomic E-state index is -2.92. The van der Waals surface area contributed by atoms with E-state index in [1.165, 1.54) is 17.0 Å². The van der Waals surface area contributed by atoms with Gasteiger partial charge in [-0.2, -0.15) is 8.78 Å². The molecule has 0 bridgehead atoms. The Bertz CT molecular complexity index is 1080. The summed E-state index contributed by atoms with van der Waals surface area (Å²) in [6.07, 6.45) is -1.10. The number of ether oxygens (including phenoxy) is 1. The molecule has 0 radical (unpaired) electrons. The molecule has 0 saturated carbocycles. The SMILES string of the molecule is CN1C(N)=NC(c2ccc(OC(F)F)cc2)(c2cccc(Nc3ccccc3)c2)C1O. The van der Waals surface area contributed by atoms with E-state index in [1.807, 2.05) is 54.6 Å². The Kier molecular flexibility index (Phi) is 5.48. The molecule has 2 atom stereocenters. The smallest absolute Gasteiger partial charge is 0.387 e. The average molecular weight is 424 g/mol. The van der Waals surface area contributed by atoms with E-state index in [4.69, 9.17) is 5.73 Å². The van der Waals surface area contributed by atoms with Gasteiger partial charge in [0.1, 0.15) is 5.75 Å². The number of nitrogens with zero attached hydrogens (tertiary/aromatic N) is 2. The molecule has 160 valence electrons. The van der Waals surface area contributed by atoms with Crippen LogP contribution in [-0.4, -0.2) is 35.9 Å². The Hall–Kier alpha value is -3.65. The molecule has 31 heavy (non-hydrogen) atoms. The topological polar surface area (TPSA) is 83.1 Å². The summed E-state index contributed by atoms with van der Waals surface area (Å²) in [4.78, 5) is 6.09. The number of aliphatic hydroxyl groups excluding tert-OH is 1. The minimum Gasteiger partial charge on any atom is -0.435 e. The third-order valence-corrected chi connectivity index (χ3v) is 5.28. The van der Waals surface area contributed by atoms with Crippen LogP contribution in [0.4, 0.5) is 20.2 Å². The van der Waals surface area contributed by atoms with E-state index in [1.54, 1.807) is 19.2 Å². The maximum atomic E-state index is 12.5. The van der Waals surface area contributed by atoms with Crippen molar-refractivity contribution in [2.24, 2.45) is 10.7 Å². The lowest BCUT2D eigenvalue weighted by molar-refractivity contribution is -0.0499. The average Bonchev–Trinajstić information content (AvgIpc) is 3.00. The number of aliphatic hydroxyl groups is 1. The molecule has 6 nitrogen and oxygen atoms in total. The lowest BCUT2D eigenvalue weighted by Gasteiger charge is -2.33. The molecule has 1 aliphatic rings. The number of anilines is 2. The van der Waals surface area contributed by atoms with Gasteiger partial charge < -0.3 is 25.8 Å². The summed E-state index contributed by atoms with van der Waals surface area (Å²) in [7, 11) is 1.64. The fourth-order valence-electron chi connectivity index (χ4n) is 3.73. The van der Waals surface area contributed by atoms with Gasteiger partial charge in [-0.3, -0.25) is 0 Å². The largest absolute Gasteiger partial charge is 0.435 e. The monoisotopic (exact) mass is 424 g/mol. The van der Waals surface area contributed by atoms with Crippen molar-refractivity contribution < 1.29 is 18.6 Å². The fourth-order valence-corrected chi connectivity index (χ4v) is 3.73. The first-order valence-electron chi connectivity index (χ1n) is 9.64. The maximum absolute atomic E-state index is 12.5. The third-order valence-electron chi connectivity index (χ3n) is 5.28. The molecule has 0 amide bonds. The summed E-state index contributed by atoms with van der Waals surface area (Å²) in [6.45, 7) is -2.92. The number of nitrogens with two attached hydrogens (primary N) is 1. The summed E-state index contributed by atoms with van der Waals surface area (Å²) in [5.41, 5.74) is 7.81. The van der Waals surface area contributed by atoms with E-state index in [0.29, 0.717) is 11.1 Å². The number of guanidine groups is 1. The van der Waals surface area contributed by atoms with Gasteiger partial charge in [0.25, 0.3) is 0 Å². The van der Waals surface area contributed by atoms with Crippen LogP contribution in [0.2, 0.25) is 0 Å². The van der Waals surface area contributed by atoms with Gasteiger partial charge in [0.05, 0.1) is 0 Å². The molecule has 1 aliphatic heterocycles. The predicted molar refractivity (Wildman–Crippen MR) is 115 cm³/mol. The number of benzene rings is 3. The van der Waals surface area contributed by atoms with Crippen LogP contribution in [0.5, 0.6) is 5.75 Å². The fraction of sp³-hybridized carbons (Fsp3) is 0.174. The second-order valence-electron chi connectivity index (χ2n) is 7.20. The van der Waals surface area contributed by atoms with Crippen LogP contribution >= 0.6 is 0 Å². The van der Waals surface area contributed by atoms with Crippen molar-refractivity contribution in [3.63, 3.8) is 0 Å². The number of hydrogen-bond donors (Lipinski definition) is 3. The van der Waals surface area contributed by atoms with Crippen LogP contribution in [0.1, 0.15) is 11.1 Å². The number of halogens is 2. The Morgan fingerprint density at radius 1 is 1.00 bits per heavy atom. The molecule has 0 saturated heterocycles. The summed E-state index contributed by atoms with van der Waals surface area (Å²) >= 11 is 0. The number of para-hydroxylation sites is 1. The van der Waals surface area contributed by atoms with Gasteiger partial charge in [-0.05, 0) is 47.5 Å². The Morgan fingerprint density at radius 3 is 2.29 bits per heavy atom. The predicted octanol–water partition coefficient (Wildman–Crippen LogP) is 3.85. The van der Waals surface area contributed by atoms with Gasteiger partial charge in [0.2, 0.25) is 0 Å². The molecule has 1 heterocycles. The number of aliphatic imine (C=N–C) groups is 1. The Morgan fingerprint density at radius 2 is 1.68 bits per heavy atom. The number of hydrogen-bond acceptors (Lipinski definition) is 6. The number of nitrogens with one attached hydrogen (secondary N) is 1. The van der Waals surface area contributed by atoms with Gasteiger partial charge in [-0.25, -0.2) is 4.99 Å². The lowest BCUT2D eigenvalue weighted by atomic mass is 9.81. The lowest BCUT2D eigenvalue weighted by Crippen LogP contribution is -2.45. The van der Waals surface area contributed by atoms with Crippen LogP contribution in [0.15, 0.2) is 83.9 Å². The van der Waals surface area contributed by atoms with Crippen LogP contribution in [-0.2, 0) is 5.54 Å². The molecule has 3 aromatic rings. The molecule has 0 aliphatic carbocycles. The van der Waals surface area contributed by atoms with Crippen molar-refractivity contribution in [2.45, 2.75) is 18.4 Å². The molecule has 0 fully saturated rings. The normalized spacial score (nSPS) is 20.6. The first-order valence-corrected chi connectivity index (χ1v) is 9.64. The van der Waals surface area contributed by atoms with E-state index >= 15 is 0 Å². The first kappa shape index (κ1) is 20.6. The summed E-state index contributed by atoms with van der Waals surface area (Å²) in [6, 6.07) is 23.2. The van der Waals surface area contributed by atoms with Crippen molar-refractivity contribution in [3.05, 3.63) is 90.0 Å². The van der Waals surface area contributed by atoms with Crippen molar-refractivity contribution in [3.8, 4) is 5.75 Å². The molecule has 0 spiro atoms. The summed E-state index contributed by atoms with van der Waals surface area (Å²) < 4.78 is 29.5. The highest BCUT2D eigenvalue weighted by molar-refractivity contribution is 5.82. The highest BCUT2D eigenvalue weighted by Crippen LogP contribution is 2.43. The molecular weight excluding hydrogens is 402 g/mol. The van der Waals surface area contributed by atoms with E-state index in [0.717, 1.165) is 11.4 Å². The quantitative estimate of drug-likeness (QED) is 0.560. The second kappa shape index (κ2) is 8.23. The van der Waals surface area contributed by atoms with E-state index in [9.17, 15) is 13.9 Å². The van der Waals surface area contributed by atoms with Gasteiger partial charge in [-0.15, -0.1) is 0 Å². The van der Waals surface area contributed by atoms with Crippen molar-refractivity contribution in [1.82, 2.24) is 4.90 Å². The van der Waals surface area contributed by atoms with Gasteiger partial charge >= 0.3 is 6.61 Å². The molecule has 0 aromatic heterocycles. The number of rotatable bonds is 6. The minimum absolute atomic E-state index is 0.0196. The van der Waals surface area contributed by atoms with E-state index in [2.05, 4.69) is 15.0 Å². The second-order valence-corrected chi connectivity index (χ2v) is 7.20. The molecule has 4 rings (SSSR count). The van der Waals surface area contributed by atoms with Gasteiger partial charge in [-0.1, -0.05) is 42.5 Å².